The van der Waals surface area contributed by atoms with Crippen molar-refractivity contribution in [3.8, 4) is 0 Å². The van der Waals surface area contributed by atoms with Gasteiger partial charge in [0.25, 0.3) is 0 Å². The first-order valence-corrected chi connectivity index (χ1v) is 7.23. The molecule has 0 aliphatic carbocycles. The summed E-state index contributed by atoms with van der Waals surface area (Å²) in [7, 11) is 2.15. The van der Waals surface area contributed by atoms with E-state index in [4.69, 9.17) is 0 Å². The quantitative estimate of drug-likeness (QED) is 0.927. The molecule has 1 aliphatic rings. The van der Waals surface area contributed by atoms with Crippen LogP contribution < -0.4 is 4.90 Å². The summed E-state index contributed by atoms with van der Waals surface area (Å²) < 4.78 is 1.15. The van der Waals surface area contributed by atoms with Crippen LogP contribution in [0, 0.1) is 6.92 Å². The summed E-state index contributed by atoms with van der Waals surface area (Å²) in [6.07, 6.45) is 0.833. The van der Waals surface area contributed by atoms with Crippen molar-refractivity contribution in [2.75, 3.05) is 38.2 Å². The van der Waals surface area contributed by atoms with Gasteiger partial charge >= 0.3 is 0 Å². The van der Waals surface area contributed by atoms with Gasteiger partial charge in [-0.15, -0.1) is 0 Å². The van der Waals surface area contributed by atoms with E-state index >= 15 is 0 Å². The molecule has 0 spiro atoms. The van der Waals surface area contributed by atoms with Crippen molar-refractivity contribution in [1.29, 1.82) is 0 Å². The van der Waals surface area contributed by atoms with Gasteiger partial charge in [-0.05, 0) is 44.2 Å². The Bertz CT molecular complexity index is 411. The second kappa shape index (κ2) is 6.04. The zero-order chi connectivity index (χ0) is 13.1. The number of nitrogens with zero attached hydrogens (tertiary/aromatic N) is 2. The maximum Gasteiger partial charge on any atom is 0.0451 e. The molecule has 18 heavy (non-hydrogen) atoms. The molecule has 1 aromatic carbocycles. The molecule has 0 amide bonds. The summed E-state index contributed by atoms with van der Waals surface area (Å²) in [6, 6.07) is 6.90. The van der Waals surface area contributed by atoms with Gasteiger partial charge in [-0.1, -0.05) is 15.9 Å². The Balaban J connectivity index is 2.20. The fourth-order valence-corrected chi connectivity index (χ4v) is 2.80. The van der Waals surface area contributed by atoms with Crippen molar-refractivity contribution in [3.63, 3.8) is 0 Å². The van der Waals surface area contributed by atoms with E-state index in [1.54, 1.807) is 0 Å². The van der Waals surface area contributed by atoms with Crippen LogP contribution in [-0.4, -0.2) is 49.3 Å². The fraction of sp³-hybridized carbons (Fsp3) is 0.571. The minimum Gasteiger partial charge on any atom is -0.396 e. The van der Waals surface area contributed by atoms with Gasteiger partial charge in [-0.2, -0.15) is 0 Å². The van der Waals surface area contributed by atoms with Gasteiger partial charge in [0, 0.05) is 42.4 Å². The summed E-state index contributed by atoms with van der Waals surface area (Å²) in [4.78, 5) is 4.76. The van der Waals surface area contributed by atoms with Gasteiger partial charge in [0.1, 0.15) is 0 Å². The standard InChI is InChI=1S/C14H21BrN2O/c1-11-9-12(3-4-14(11)15)17-7-6-16(2)10-13(17)5-8-18/h3-4,9,13,18H,5-8,10H2,1-2H3. The summed E-state index contributed by atoms with van der Waals surface area (Å²) in [5.41, 5.74) is 2.52. The topological polar surface area (TPSA) is 26.7 Å². The first-order valence-electron chi connectivity index (χ1n) is 6.44. The molecule has 1 unspecified atom stereocenters. The Morgan fingerprint density at radius 1 is 1.39 bits per heavy atom. The predicted octanol–water partition coefficient (Wildman–Crippen LogP) is 2.26. The second-order valence-corrected chi connectivity index (χ2v) is 5.91. The third-order valence-corrected chi connectivity index (χ3v) is 4.51. The van der Waals surface area contributed by atoms with E-state index in [-0.39, 0.29) is 6.61 Å². The van der Waals surface area contributed by atoms with E-state index < -0.39 is 0 Å². The number of hydrogen-bond acceptors (Lipinski definition) is 3. The largest absolute Gasteiger partial charge is 0.396 e. The first-order chi connectivity index (χ1) is 8.61. The van der Waals surface area contributed by atoms with E-state index in [0.717, 1.165) is 30.5 Å². The van der Waals surface area contributed by atoms with Gasteiger partial charge in [0.2, 0.25) is 0 Å². The number of aliphatic hydroxyl groups is 1. The SMILES string of the molecule is Cc1cc(N2CCN(C)CC2CCO)ccc1Br. The average Bonchev–Trinajstić information content (AvgIpc) is 2.34. The zero-order valence-electron chi connectivity index (χ0n) is 11.1. The lowest BCUT2D eigenvalue weighted by molar-refractivity contribution is 0.219. The van der Waals surface area contributed by atoms with E-state index in [0.29, 0.717) is 6.04 Å². The van der Waals surface area contributed by atoms with Crippen LogP contribution in [0.1, 0.15) is 12.0 Å². The second-order valence-electron chi connectivity index (χ2n) is 5.06. The Kier molecular flexibility index (Phi) is 4.65. The van der Waals surface area contributed by atoms with E-state index in [9.17, 15) is 5.11 Å². The Morgan fingerprint density at radius 3 is 2.83 bits per heavy atom. The number of likely N-dealkylation sites (N-methyl/N-ethyl adjacent to an activating group) is 1. The predicted molar refractivity (Wildman–Crippen MR) is 79.2 cm³/mol. The van der Waals surface area contributed by atoms with E-state index in [2.05, 4.69) is 57.9 Å². The maximum atomic E-state index is 9.22. The summed E-state index contributed by atoms with van der Waals surface area (Å²) in [6.45, 7) is 5.50. The number of aryl methyl sites for hydroxylation is 1. The minimum absolute atomic E-state index is 0.254. The fourth-order valence-electron chi connectivity index (χ4n) is 2.55. The van der Waals surface area contributed by atoms with Gasteiger partial charge in [0.15, 0.2) is 0 Å². The number of piperazine rings is 1. The Hall–Kier alpha value is -0.580. The van der Waals surface area contributed by atoms with Crippen LogP contribution in [0.4, 0.5) is 5.69 Å². The Morgan fingerprint density at radius 2 is 2.17 bits per heavy atom. The molecule has 1 N–H and O–H groups in total. The van der Waals surface area contributed by atoms with Gasteiger partial charge in [0.05, 0.1) is 0 Å². The van der Waals surface area contributed by atoms with Crippen molar-refractivity contribution in [1.82, 2.24) is 4.90 Å². The highest BCUT2D eigenvalue weighted by Crippen LogP contribution is 2.26. The van der Waals surface area contributed by atoms with Crippen LogP contribution in [0.5, 0.6) is 0 Å². The molecule has 0 saturated carbocycles. The van der Waals surface area contributed by atoms with Crippen LogP contribution in [0.3, 0.4) is 0 Å². The van der Waals surface area contributed by atoms with Crippen LogP contribution >= 0.6 is 15.9 Å². The summed E-state index contributed by atoms with van der Waals surface area (Å²) >= 11 is 3.54. The van der Waals surface area contributed by atoms with E-state index in [1.165, 1.54) is 11.3 Å². The van der Waals surface area contributed by atoms with Gasteiger partial charge < -0.3 is 14.9 Å². The van der Waals surface area contributed by atoms with Crippen molar-refractivity contribution in [3.05, 3.63) is 28.2 Å². The molecule has 1 fully saturated rings. The third kappa shape index (κ3) is 3.05. The number of hydrogen-bond donors (Lipinski definition) is 1. The van der Waals surface area contributed by atoms with Crippen LogP contribution in [-0.2, 0) is 0 Å². The molecule has 0 bridgehead atoms. The molecular formula is C14H21BrN2O. The molecule has 1 aromatic rings. The van der Waals surface area contributed by atoms with E-state index in [1.807, 2.05) is 0 Å². The highest BCUT2D eigenvalue weighted by atomic mass is 79.9. The molecule has 1 aliphatic heterocycles. The van der Waals surface area contributed by atoms with Crippen molar-refractivity contribution >= 4 is 21.6 Å². The molecule has 1 saturated heterocycles. The molecule has 100 valence electrons. The van der Waals surface area contributed by atoms with Gasteiger partial charge in [-0.3, -0.25) is 0 Å². The molecule has 1 atom stereocenters. The van der Waals surface area contributed by atoms with Crippen molar-refractivity contribution < 1.29 is 5.11 Å². The molecule has 0 aromatic heterocycles. The number of anilines is 1. The Labute approximate surface area is 118 Å². The molecule has 3 nitrogen and oxygen atoms in total. The van der Waals surface area contributed by atoms with Crippen LogP contribution in [0.25, 0.3) is 0 Å². The van der Waals surface area contributed by atoms with Crippen LogP contribution in [0.2, 0.25) is 0 Å². The molecular weight excluding hydrogens is 292 g/mol. The molecule has 0 radical (unpaired) electrons. The highest BCUT2D eigenvalue weighted by molar-refractivity contribution is 9.10. The zero-order valence-corrected chi connectivity index (χ0v) is 12.7. The maximum absolute atomic E-state index is 9.22. The van der Waals surface area contributed by atoms with Crippen LogP contribution in [0.15, 0.2) is 22.7 Å². The molecule has 1 heterocycles. The van der Waals surface area contributed by atoms with Crippen molar-refractivity contribution in [2.24, 2.45) is 0 Å². The number of halogens is 1. The third-order valence-electron chi connectivity index (χ3n) is 3.62. The molecule has 2 rings (SSSR count). The number of benzene rings is 1. The minimum atomic E-state index is 0.254. The lowest BCUT2D eigenvalue weighted by atomic mass is 10.1. The lowest BCUT2D eigenvalue weighted by Gasteiger charge is -2.41. The average molecular weight is 313 g/mol. The number of aliphatic hydroxyl groups excluding tert-OH is 1. The summed E-state index contributed by atoms with van der Waals surface area (Å²) in [5, 5.41) is 9.22. The van der Waals surface area contributed by atoms with Gasteiger partial charge in [-0.25, -0.2) is 0 Å². The molecule has 4 heteroatoms. The summed E-state index contributed by atoms with van der Waals surface area (Å²) in [5.74, 6) is 0. The normalized spacial score (nSPS) is 21.3. The first kappa shape index (κ1) is 13.8. The van der Waals surface area contributed by atoms with Crippen molar-refractivity contribution in [2.45, 2.75) is 19.4 Å². The lowest BCUT2D eigenvalue weighted by Crippen LogP contribution is -2.52. The highest BCUT2D eigenvalue weighted by Gasteiger charge is 2.25. The smallest absolute Gasteiger partial charge is 0.0451 e. The monoisotopic (exact) mass is 312 g/mol. The number of rotatable bonds is 3.